The van der Waals surface area contributed by atoms with Gasteiger partial charge in [-0.2, -0.15) is 0 Å². The average Bonchev–Trinajstić information content (AvgIpc) is 3.21. The van der Waals surface area contributed by atoms with Crippen molar-refractivity contribution < 1.29 is 14.6 Å². The highest BCUT2D eigenvalue weighted by molar-refractivity contribution is 5.87. The molecule has 2 heterocycles. The highest BCUT2D eigenvalue weighted by Gasteiger charge is 2.48. The fourth-order valence-corrected chi connectivity index (χ4v) is 4.44. The molecule has 0 unspecified atom stereocenters. The van der Waals surface area contributed by atoms with Crippen LogP contribution in [0, 0.1) is 11.8 Å². The Morgan fingerprint density at radius 2 is 1.84 bits per heavy atom. The van der Waals surface area contributed by atoms with Gasteiger partial charge in [0.1, 0.15) is 0 Å². The highest BCUT2D eigenvalue weighted by atomic mass is 16.5. The zero-order valence-electron chi connectivity index (χ0n) is 15.2. The number of carbonyl (C=O) groups is 1. The minimum atomic E-state index is -0.861. The van der Waals surface area contributed by atoms with Gasteiger partial charge in [0, 0.05) is 12.5 Å². The molecular weight excluding hydrogens is 314 g/mol. The predicted octanol–water partition coefficient (Wildman–Crippen LogP) is 3.89. The largest absolute Gasteiger partial charge is 0.478 e. The number of hydrogen-bond donors (Lipinski definition) is 2. The van der Waals surface area contributed by atoms with Crippen molar-refractivity contribution in [3.63, 3.8) is 0 Å². The molecule has 2 aliphatic rings. The van der Waals surface area contributed by atoms with E-state index in [1.54, 1.807) is 12.1 Å². The summed E-state index contributed by atoms with van der Waals surface area (Å²) in [6, 6.07) is 7.36. The van der Waals surface area contributed by atoms with E-state index in [1.807, 2.05) is 12.1 Å². The van der Waals surface area contributed by atoms with E-state index in [9.17, 15) is 4.79 Å². The summed E-state index contributed by atoms with van der Waals surface area (Å²) in [6.07, 6.45) is 9.34. The van der Waals surface area contributed by atoms with Crippen molar-refractivity contribution in [2.45, 2.75) is 64.1 Å². The molecule has 4 nitrogen and oxygen atoms in total. The van der Waals surface area contributed by atoms with Crippen molar-refractivity contribution in [3.8, 4) is 0 Å². The van der Waals surface area contributed by atoms with E-state index in [0.717, 1.165) is 19.5 Å². The zero-order chi connectivity index (χ0) is 17.6. The maximum Gasteiger partial charge on any atom is 0.335 e. The van der Waals surface area contributed by atoms with E-state index in [-0.39, 0.29) is 0 Å². The Kier molecular flexibility index (Phi) is 6.49. The number of benzene rings is 1. The van der Waals surface area contributed by atoms with Gasteiger partial charge in [0.25, 0.3) is 0 Å². The first kappa shape index (κ1) is 18.4. The number of fused-ring (bicyclic) bond motifs is 2. The van der Waals surface area contributed by atoms with Crippen molar-refractivity contribution >= 4 is 5.97 Å². The molecule has 138 valence electrons. The highest BCUT2D eigenvalue weighted by Crippen LogP contribution is 2.44. The van der Waals surface area contributed by atoms with Crippen LogP contribution in [0.2, 0.25) is 0 Å². The summed E-state index contributed by atoms with van der Waals surface area (Å²) in [6.45, 7) is 4.40. The summed E-state index contributed by atoms with van der Waals surface area (Å²) in [5.41, 5.74) is 1.58. The Morgan fingerprint density at radius 3 is 2.52 bits per heavy atom. The van der Waals surface area contributed by atoms with E-state index in [2.05, 4.69) is 12.2 Å². The molecule has 0 saturated carbocycles. The number of aromatic carboxylic acids is 1. The van der Waals surface area contributed by atoms with Gasteiger partial charge in [0.2, 0.25) is 0 Å². The molecular formula is C21H31NO3. The third kappa shape index (κ3) is 4.62. The SMILES string of the molecule is CCCCCCNC[C@@H]1[C@@H](Cc2ccc(C(=O)O)cc2)[C@H]2CC[C@@H]1O2. The molecule has 1 aromatic carbocycles. The van der Waals surface area contributed by atoms with Crippen molar-refractivity contribution in [3.05, 3.63) is 35.4 Å². The second kappa shape index (κ2) is 8.81. The van der Waals surface area contributed by atoms with Gasteiger partial charge in [-0.3, -0.25) is 0 Å². The van der Waals surface area contributed by atoms with Gasteiger partial charge in [-0.15, -0.1) is 0 Å². The van der Waals surface area contributed by atoms with E-state index >= 15 is 0 Å². The quantitative estimate of drug-likeness (QED) is 0.632. The Balaban J connectivity index is 1.52. The molecule has 0 aromatic heterocycles. The second-order valence-electron chi connectivity index (χ2n) is 7.59. The molecule has 2 bridgehead atoms. The molecule has 25 heavy (non-hydrogen) atoms. The van der Waals surface area contributed by atoms with Crippen LogP contribution in [0.5, 0.6) is 0 Å². The lowest BCUT2D eigenvalue weighted by atomic mass is 9.76. The summed E-state index contributed by atoms with van der Waals surface area (Å²) in [4.78, 5) is 11.0. The fourth-order valence-electron chi connectivity index (χ4n) is 4.44. The second-order valence-corrected chi connectivity index (χ2v) is 7.59. The minimum Gasteiger partial charge on any atom is -0.478 e. The van der Waals surface area contributed by atoms with Gasteiger partial charge in [-0.1, -0.05) is 38.3 Å². The summed E-state index contributed by atoms with van der Waals surface area (Å²) >= 11 is 0. The molecule has 2 fully saturated rings. The van der Waals surface area contributed by atoms with Gasteiger partial charge >= 0.3 is 5.97 Å². The number of carboxylic acid groups (broad SMARTS) is 1. The number of nitrogens with one attached hydrogen (secondary N) is 1. The molecule has 1 aromatic rings. The first-order valence-corrected chi connectivity index (χ1v) is 9.87. The van der Waals surface area contributed by atoms with Crippen LogP contribution in [0.15, 0.2) is 24.3 Å². The summed E-state index contributed by atoms with van der Waals surface area (Å²) in [7, 11) is 0. The molecule has 0 aliphatic carbocycles. The van der Waals surface area contributed by atoms with Gasteiger partial charge < -0.3 is 15.2 Å². The predicted molar refractivity (Wildman–Crippen MR) is 99.0 cm³/mol. The van der Waals surface area contributed by atoms with Crippen LogP contribution in [0.3, 0.4) is 0 Å². The summed E-state index contributed by atoms with van der Waals surface area (Å²) in [5, 5.41) is 12.7. The van der Waals surface area contributed by atoms with Crippen LogP contribution >= 0.6 is 0 Å². The van der Waals surface area contributed by atoms with Crippen molar-refractivity contribution in [1.82, 2.24) is 5.32 Å². The van der Waals surface area contributed by atoms with Crippen LogP contribution in [0.4, 0.5) is 0 Å². The molecule has 2 aliphatic heterocycles. The number of hydrogen-bond acceptors (Lipinski definition) is 3. The third-order valence-corrected chi connectivity index (χ3v) is 5.85. The first-order chi connectivity index (χ1) is 12.2. The van der Waals surface area contributed by atoms with Gasteiger partial charge in [-0.25, -0.2) is 4.79 Å². The van der Waals surface area contributed by atoms with Crippen molar-refractivity contribution in [2.75, 3.05) is 13.1 Å². The van der Waals surface area contributed by atoms with Crippen LogP contribution < -0.4 is 5.32 Å². The number of rotatable bonds is 10. The number of carboxylic acids is 1. The third-order valence-electron chi connectivity index (χ3n) is 5.85. The smallest absolute Gasteiger partial charge is 0.335 e. The summed E-state index contributed by atoms with van der Waals surface area (Å²) in [5.74, 6) is 0.279. The van der Waals surface area contributed by atoms with E-state index in [0.29, 0.717) is 29.6 Å². The van der Waals surface area contributed by atoms with Crippen molar-refractivity contribution in [1.29, 1.82) is 0 Å². The lowest BCUT2D eigenvalue weighted by Crippen LogP contribution is -2.37. The van der Waals surface area contributed by atoms with E-state index in [1.165, 1.54) is 44.1 Å². The molecule has 0 radical (unpaired) electrons. The maximum atomic E-state index is 11.0. The molecule has 2 saturated heterocycles. The van der Waals surface area contributed by atoms with Gasteiger partial charge in [0.05, 0.1) is 17.8 Å². The molecule has 4 heteroatoms. The number of unbranched alkanes of at least 4 members (excludes halogenated alkanes) is 3. The molecule has 0 spiro atoms. The Hall–Kier alpha value is -1.39. The lowest BCUT2D eigenvalue weighted by Gasteiger charge is -2.28. The molecule has 3 rings (SSSR count). The Labute approximate surface area is 151 Å². The normalized spacial score (nSPS) is 27.7. The molecule has 2 N–H and O–H groups in total. The van der Waals surface area contributed by atoms with Crippen LogP contribution in [0.1, 0.15) is 61.4 Å². The Morgan fingerprint density at radius 1 is 1.12 bits per heavy atom. The topological polar surface area (TPSA) is 58.6 Å². The lowest BCUT2D eigenvalue weighted by molar-refractivity contribution is 0.0696. The van der Waals surface area contributed by atoms with Crippen LogP contribution in [-0.4, -0.2) is 36.4 Å². The summed E-state index contributed by atoms with van der Waals surface area (Å²) < 4.78 is 6.19. The minimum absolute atomic E-state index is 0.359. The monoisotopic (exact) mass is 345 g/mol. The zero-order valence-corrected chi connectivity index (χ0v) is 15.2. The number of ether oxygens (including phenoxy) is 1. The first-order valence-electron chi connectivity index (χ1n) is 9.87. The van der Waals surface area contributed by atoms with Crippen LogP contribution in [0.25, 0.3) is 0 Å². The maximum absolute atomic E-state index is 11.0. The van der Waals surface area contributed by atoms with Crippen LogP contribution in [-0.2, 0) is 11.2 Å². The Bertz CT molecular complexity index is 557. The van der Waals surface area contributed by atoms with Gasteiger partial charge in [-0.05, 0) is 55.8 Å². The standard InChI is InChI=1S/C21H31NO3/c1-2-3-4-5-12-22-14-18-17(19-10-11-20(18)25-19)13-15-6-8-16(9-7-15)21(23)24/h6-9,17-20,22H,2-5,10-14H2,1H3,(H,23,24)/t17-,18-,19-,20+/m1/s1. The van der Waals surface area contributed by atoms with Crippen molar-refractivity contribution in [2.24, 2.45) is 11.8 Å². The van der Waals surface area contributed by atoms with Gasteiger partial charge in [0.15, 0.2) is 0 Å². The van der Waals surface area contributed by atoms with E-state index in [4.69, 9.17) is 9.84 Å². The molecule has 4 atom stereocenters. The fraction of sp³-hybridized carbons (Fsp3) is 0.667. The van der Waals surface area contributed by atoms with E-state index < -0.39 is 5.97 Å². The average molecular weight is 345 g/mol. The molecule has 0 amide bonds.